The van der Waals surface area contributed by atoms with Gasteiger partial charge >= 0.3 is 0 Å². The van der Waals surface area contributed by atoms with Crippen LogP contribution in [0.4, 0.5) is 0 Å². The SMILES string of the molecule is C[Si-](C[n+]1cc(Br)ccc1C[OH2+])C(C)(C)C. The molecule has 1 aromatic heterocycles. The molecular formula is C12H21BrNOSi+. The van der Waals surface area contributed by atoms with Gasteiger partial charge < -0.3 is 5.11 Å². The Morgan fingerprint density at radius 1 is 1.38 bits per heavy atom. The molecule has 2 N–H and O–H groups in total. The molecule has 1 aromatic rings. The molecule has 0 spiro atoms. The number of hydrogen-bond acceptors (Lipinski definition) is 0. The number of pyridine rings is 1. The molecule has 4 heteroatoms. The minimum Gasteiger partial charge on any atom is -0.438 e. The summed E-state index contributed by atoms with van der Waals surface area (Å²) in [7, 11) is -0.447. The predicted molar refractivity (Wildman–Crippen MR) is 73.0 cm³/mol. The highest BCUT2D eigenvalue weighted by Gasteiger charge is 2.16. The van der Waals surface area contributed by atoms with Crippen molar-refractivity contribution in [2.45, 2.75) is 45.1 Å². The Labute approximate surface area is 108 Å². The maximum absolute atomic E-state index is 7.53. The molecule has 0 saturated carbocycles. The van der Waals surface area contributed by atoms with Gasteiger partial charge in [-0.2, -0.15) is 20.4 Å². The summed E-state index contributed by atoms with van der Waals surface area (Å²) < 4.78 is 3.32. The van der Waals surface area contributed by atoms with Gasteiger partial charge in [-0.25, -0.2) is 4.57 Å². The fraction of sp³-hybridized carbons (Fsp3) is 0.583. The lowest BCUT2D eigenvalue weighted by Crippen LogP contribution is -2.47. The van der Waals surface area contributed by atoms with Crippen LogP contribution in [0.5, 0.6) is 0 Å². The third kappa shape index (κ3) is 3.68. The Hall–Kier alpha value is -0.193. The molecule has 16 heavy (non-hydrogen) atoms. The molecule has 0 aromatic carbocycles. The molecule has 0 aliphatic carbocycles. The largest absolute Gasteiger partial charge is 0.438 e. The summed E-state index contributed by atoms with van der Waals surface area (Å²) in [5, 5.41) is 7.93. The molecule has 2 nitrogen and oxygen atoms in total. The van der Waals surface area contributed by atoms with Gasteiger partial charge in [-0.05, 0) is 22.0 Å². The van der Waals surface area contributed by atoms with Crippen LogP contribution in [0.3, 0.4) is 0 Å². The maximum Gasteiger partial charge on any atom is 0.255 e. The van der Waals surface area contributed by atoms with E-state index in [1.807, 2.05) is 12.1 Å². The van der Waals surface area contributed by atoms with Gasteiger partial charge in [0.15, 0.2) is 6.20 Å². The van der Waals surface area contributed by atoms with Gasteiger partial charge in [0.2, 0.25) is 6.61 Å². The first-order valence-electron chi connectivity index (χ1n) is 5.50. The highest BCUT2D eigenvalue weighted by molar-refractivity contribution is 9.10. The van der Waals surface area contributed by atoms with Crippen molar-refractivity contribution in [3.63, 3.8) is 0 Å². The third-order valence-electron chi connectivity index (χ3n) is 2.95. The minimum atomic E-state index is -0.447. The van der Waals surface area contributed by atoms with Crippen molar-refractivity contribution in [3.05, 3.63) is 28.5 Å². The predicted octanol–water partition coefficient (Wildman–Crippen LogP) is 2.43. The summed E-state index contributed by atoms with van der Waals surface area (Å²) in [5.74, 6) is 0. The van der Waals surface area contributed by atoms with E-state index in [1.165, 1.54) is 0 Å². The van der Waals surface area contributed by atoms with Crippen molar-refractivity contribution < 1.29 is 9.67 Å². The molecule has 0 saturated heterocycles. The summed E-state index contributed by atoms with van der Waals surface area (Å²) in [6.45, 7) is 9.64. The van der Waals surface area contributed by atoms with E-state index in [-0.39, 0.29) is 0 Å². The van der Waals surface area contributed by atoms with E-state index in [0.717, 1.165) is 16.3 Å². The van der Waals surface area contributed by atoms with E-state index >= 15 is 0 Å². The lowest BCUT2D eigenvalue weighted by Gasteiger charge is -2.36. The number of halogens is 1. The fourth-order valence-corrected chi connectivity index (χ4v) is 3.01. The molecule has 0 amide bonds. The molecular weight excluding hydrogens is 282 g/mol. The van der Waals surface area contributed by atoms with Crippen molar-refractivity contribution >= 4 is 24.7 Å². The quantitative estimate of drug-likeness (QED) is 0.466. The zero-order valence-corrected chi connectivity index (χ0v) is 13.1. The molecule has 1 rings (SSSR count). The first-order chi connectivity index (χ1) is 7.34. The molecule has 0 radical (unpaired) electrons. The summed E-state index contributed by atoms with van der Waals surface area (Å²) in [6, 6.07) is 4.05. The number of rotatable bonds is 3. The van der Waals surface area contributed by atoms with E-state index in [4.69, 9.17) is 5.11 Å². The molecule has 0 unspecified atom stereocenters. The summed E-state index contributed by atoms with van der Waals surface area (Å²) in [4.78, 5) is 0. The van der Waals surface area contributed by atoms with E-state index in [9.17, 15) is 0 Å². The summed E-state index contributed by atoms with van der Waals surface area (Å²) >= 11 is 3.50. The number of hydrogen-bond donors (Lipinski definition) is 0. The van der Waals surface area contributed by atoms with Gasteiger partial charge in [0.1, 0.15) is 0 Å². The normalized spacial score (nSPS) is 12.2. The van der Waals surface area contributed by atoms with Crippen LogP contribution in [-0.4, -0.2) is 13.9 Å². The molecule has 0 atom stereocenters. The zero-order chi connectivity index (χ0) is 12.3. The van der Waals surface area contributed by atoms with E-state index in [1.54, 1.807) is 0 Å². The summed E-state index contributed by atoms with van der Waals surface area (Å²) in [5.41, 5.74) is 1.09. The molecule has 0 aliphatic heterocycles. The topological polar surface area (TPSA) is 26.8 Å². The average molecular weight is 303 g/mol. The second-order valence-corrected chi connectivity index (χ2v) is 9.47. The van der Waals surface area contributed by atoms with Crippen molar-refractivity contribution in [1.82, 2.24) is 0 Å². The van der Waals surface area contributed by atoms with Gasteiger partial charge in [-0.15, -0.1) is 0 Å². The lowest BCUT2D eigenvalue weighted by atomic mass is 10.2. The van der Waals surface area contributed by atoms with Crippen molar-refractivity contribution in [2.75, 3.05) is 0 Å². The van der Waals surface area contributed by atoms with Gasteiger partial charge in [0, 0.05) is 12.2 Å². The van der Waals surface area contributed by atoms with Crippen LogP contribution < -0.4 is 4.57 Å². The van der Waals surface area contributed by atoms with Crippen LogP contribution >= 0.6 is 15.9 Å². The standard InChI is InChI=1S/C12H20BrNOSi/c1-12(2,3)16(4)9-14-7-10(13)5-6-11(14)8-15/h5-7,15H,8-9H2,1-4H3/p+1. The van der Waals surface area contributed by atoms with Crippen LogP contribution in [0.1, 0.15) is 26.5 Å². The maximum atomic E-state index is 7.53. The van der Waals surface area contributed by atoms with Gasteiger partial charge in [0.05, 0.1) is 4.47 Å². The highest BCUT2D eigenvalue weighted by Crippen LogP contribution is 2.26. The molecule has 0 bridgehead atoms. The Morgan fingerprint density at radius 2 is 2.00 bits per heavy atom. The number of aromatic nitrogens is 1. The Morgan fingerprint density at radius 3 is 2.50 bits per heavy atom. The minimum absolute atomic E-state index is 0.354. The van der Waals surface area contributed by atoms with Crippen molar-refractivity contribution in [3.8, 4) is 0 Å². The van der Waals surface area contributed by atoms with Crippen LogP contribution in [0.2, 0.25) is 11.6 Å². The third-order valence-corrected chi connectivity index (χ3v) is 6.80. The van der Waals surface area contributed by atoms with Crippen LogP contribution in [0, 0.1) is 0 Å². The van der Waals surface area contributed by atoms with E-state index in [2.05, 4.69) is 54.0 Å². The first-order valence-corrected chi connectivity index (χ1v) is 8.50. The molecule has 0 aliphatic rings. The van der Waals surface area contributed by atoms with Gasteiger partial charge in [0.25, 0.3) is 5.69 Å². The second-order valence-electron chi connectivity index (χ2n) is 5.17. The molecule has 0 fully saturated rings. The smallest absolute Gasteiger partial charge is 0.255 e. The van der Waals surface area contributed by atoms with E-state index < -0.39 is 8.80 Å². The van der Waals surface area contributed by atoms with E-state index in [0.29, 0.717) is 11.6 Å². The highest BCUT2D eigenvalue weighted by atomic mass is 79.9. The molecule has 90 valence electrons. The van der Waals surface area contributed by atoms with Gasteiger partial charge in [-0.1, -0.05) is 20.8 Å². The van der Waals surface area contributed by atoms with Crippen LogP contribution in [0.15, 0.2) is 22.8 Å². The Balaban J connectivity index is 2.91. The van der Waals surface area contributed by atoms with Crippen molar-refractivity contribution in [2.24, 2.45) is 0 Å². The lowest BCUT2D eigenvalue weighted by molar-refractivity contribution is -0.690. The van der Waals surface area contributed by atoms with Crippen LogP contribution in [-0.2, 0) is 12.8 Å². The summed E-state index contributed by atoms with van der Waals surface area (Å²) in [6.07, 6.45) is 3.17. The van der Waals surface area contributed by atoms with Gasteiger partial charge in [-0.3, -0.25) is 0 Å². The number of nitrogens with zero attached hydrogens (tertiary/aromatic N) is 1. The average Bonchev–Trinajstić information content (AvgIpc) is 2.16. The van der Waals surface area contributed by atoms with Crippen molar-refractivity contribution in [1.29, 1.82) is 0 Å². The monoisotopic (exact) mass is 302 g/mol. The second kappa shape index (κ2) is 5.43. The fourth-order valence-electron chi connectivity index (χ4n) is 1.35. The first kappa shape index (κ1) is 13.9. The zero-order valence-electron chi connectivity index (χ0n) is 10.5. The Kier molecular flexibility index (Phi) is 4.70. The Bertz CT molecular complexity index is 363. The van der Waals surface area contributed by atoms with Crippen LogP contribution in [0.25, 0.3) is 0 Å². The molecule has 1 heterocycles.